The molecule has 0 spiro atoms. The fourth-order valence-electron chi connectivity index (χ4n) is 1.49. The van der Waals surface area contributed by atoms with Crippen LogP contribution < -0.4 is 0 Å². The van der Waals surface area contributed by atoms with Crippen LogP contribution in [-0.2, 0) is 6.54 Å². The van der Waals surface area contributed by atoms with Crippen LogP contribution in [0.25, 0.3) is 0 Å². The molecule has 1 aromatic rings. The SMILES string of the molecule is CN(CCCCS)Cc1ccccc1Br. The molecule has 3 heteroatoms. The first-order valence-electron chi connectivity index (χ1n) is 5.27. The van der Waals surface area contributed by atoms with E-state index in [-0.39, 0.29) is 0 Å². The van der Waals surface area contributed by atoms with Gasteiger partial charge in [-0.05, 0) is 43.8 Å². The summed E-state index contributed by atoms with van der Waals surface area (Å²) < 4.78 is 1.20. The average molecular weight is 288 g/mol. The van der Waals surface area contributed by atoms with E-state index in [0.717, 1.165) is 18.8 Å². The van der Waals surface area contributed by atoms with Crippen LogP contribution in [0.1, 0.15) is 18.4 Å². The van der Waals surface area contributed by atoms with Crippen LogP contribution in [0.15, 0.2) is 28.7 Å². The largest absolute Gasteiger partial charge is 0.302 e. The van der Waals surface area contributed by atoms with Gasteiger partial charge in [0.25, 0.3) is 0 Å². The summed E-state index contributed by atoms with van der Waals surface area (Å²) in [5, 5.41) is 0. The van der Waals surface area contributed by atoms with E-state index in [2.05, 4.69) is 64.8 Å². The van der Waals surface area contributed by atoms with Gasteiger partial charge in [0.2, 0.25) is 0 Å². The summed E-state index contributed by atoms with van der Waals surface area (Å²) in [5.74, 6) is 0.989. The molecule has 1 rings (SSSR count). The summed E-state index contributed by atoms with van der Waals surface area (Å²) in [4.78, 5) is 2.35. The van der Waals surface area contributed by atoms with E-state index in [0.29, 0.717) is 0 Å². The van der Waals surface area contributed by atoms with Crippen molar-refractivity contribution in [3.05, 3.63) is 34.3 Å². The second kappa shape index (κ2) is 7.31. The number of thiol groups is 1. The van der Waals surface area contributed by atoms with Crippen molar-refractivity contribution in [3.63, 3.8) is 0 Å². The van der Waals surface area contributed by atoms with Gasteiger partial charge in [-0.3, -0.25) is 0 Å². The molecule has 0 aromatic heterocycles. The number of hydrogen-bond acceptors (Lipinski definition) is 2. The Bertz CT molecular complexity index is 291. The molecule has 84 valence electrons. The zero-order valence-electron chi connectivity index (χ0n) is 9.12. The minimum Gasteiger partial charge on any atom is -0.302 e. The van der Waals surface area contributed by atoms with E-state index in [9.17, 15) is 0 Å². The first kappa shape index (κ1) is 13.1. The van der Waals surface area contributed by atoms with Crippen LogP contribution in [0.3, 0.4) is 0 Å². The predicted octanol–water partition coefficient (Wildman–Crippen LogP) is 3.59. The number of unbranched alkanes of at least 4 members (excludes halogenated alkanes) is 1. The van der Waals surface area contributed by atoms with Gasteiger partial charge < -0.3 is 4.90 Å². The highest BCUT2D eigenvalue weighted by Crippen LogP contribution is 2.17. The molecule has 0 saturated heterocycles. The van der Waals surface area contributed by atoms with E-state index >= 15 is 0 Å². The first-order valence-corrected chi connectivity index (χ1v) is 6.69. The smallest absolute Gasteiger partial charge is 0.0241 e. The predicted molar refractivity (Wildman–Crippen MR) is 73.6 cm³/mol. The van der Waals surface area contributed by atoms with Gasteiger partial charge in [0.05, 0.1) is 0 Å². The van der Waals surface area contributed by atoms with E-state index < -0.39 is 0 Å². The maximum absolute atomic E-state index is 4.21. The third kappa shape index (κ3) is 5.05. The summed E-state index contributed by atoms with van der Waals surface area (Å²) >= 11 is 7.78. The van der Waals surface area contributed by atoms with Crippen molar-refractivity contribution in [3.8, 4) is 0 Å². The molecule has 0 aliphatic carbocycles. The molecule has 0 radical (unpaired) electrons. The van der Waals surface area contributed by atoms with Crippen LogP contribution in [0.4, 0.5) is 0 Å². The number of rotatable bonds is 6. The minimum absolute atomic E-state index is 0.989. The van der Waals surface area contributed by atoms with Crippen molar-refractivity contribution >= 4 is 28.6 Å². The lowest BCUT2D eigenvalue weighted by molar-refractivity contribution is 0.320. The lowest BCUT2D eigenvalue weighted by atomic mass is 10.2. The van der Waals surface area contributed by atoms with Gasteiger partial charge in [-0.25, -0.2) is 0 Å². The second-order valence-corrected chi connectivity index (χ2v) is 5.06. The Morgan fingerprint density at radius 1 is 1.27 bits per heavy atom. The molecule has 0 N–H and O–H groups in total. The Labute approximate surface area is 106 Å². The van der Waals surface area contributed by atoms with Crippen LogP contribution >= 0.6 is 28.6 Å². The Balaban J connectivity index is 2.37. The summed E-state index contributed by atoms with van der Waals surface area (Å²) in [6, 6.07) is 8.40. The summed E-state index contributed by atoms with van der Waals surface area (Å²) in [7, 11) is 2.16. The highest BCUT2D eigenvalue weighted by Gasteiger charge is 2.02. The highest BCUT2D eigenvalue weighted by molar-refractivity contribution is 9.10. The standard InChI is InChI=1S/C12H18BrNS/c1-14(8-4-5-9-15)10-11-6-2-3-7-12(11)13/h2-3,6-7,15H,4-5,8-10H2,1H3. The monoisotopic (exact) mass is 287 g/mol. The van der Waals surface area contributed by atoms with Gasteiger partial charge >= 0.3 is 0 Å². The van der Waals surface area contributed by atoms with Crippen molar-refractivity contribution in [2.75, 3.05) is 19.3 Å². The highest BCUT2D eigenvalue weighted by atomic mass is 79.9. The normalized spacial score (nSPS) is 10.9. The second-order valence-electron chi connectivity index (χ2n) is 3.76. The van der Waals surface area contributed by atoms with Crippen molar-refractivity contribution in [2.24, 2.45) is 0 Å². The minimum atomic E-state index is 0.989. The van der Waals surface area contributed by atoms with E-state index in [1.165, 1.54) is 22.9 Å². The molecule has 1 aromatic carbocycles. The van der Waals surface area contributed by atoms with Gasteiger partial charge in [-0.2, -0.15) is 12.6 Å². The van der Waals surface area contributed by atoms with Gasteiger partial charge in [-0.1, -0.05) is 34.1 Å². The topological polar surface area (TPSA) is 3.24 Å². The number of benzene rings is 1. The molecule has 0 aliphatic rings. The van der Waals surface area contributed by atoms with Crippen molar-refractivity contribution in [2.45, 2.75) is 19.4 Å². The van der Waals surface area contributed by atoms with E-state index in [4.69, 9.17) is 0 Å². The molecular formula is C12H18BrNS. The molecule has 1 nitrogen and oxygen atoms in total. The molecule has 0 aliphatic heterocycles. The third-order valence-electron chi connectivity index (χ3n) is 2.35. The molecule has 0 heterocycles. The van der Waals surface area contributed by atoms with Crippen molar-refractivity contribution in [1.82, 2.24) is 4.90 Å². The Morgan fingerprint density at radius 2 is 2.00 bits per heavy atom. The van der Waals surface area contributed by atoms with Gasteiger partial charge in [-0.15, -0.1) is 0 Å². The lowest BCUT2D eigenvalue weighted by Crippen LogP contribution is -2.19. The van der Waals surface area contributed by atoms with Gasteiger partial charge in [0, 0.05) is 11.0 Å². The van der Waals surface area contributed by atoms with Gasteiger partial charge in [0.15, 0.2) is 0 Å². The summed E-state index contributed by atoms with van der Waals surface area (Å²) in [5.41, 5.74) is 1.35. The summed E-state index contributed by atoms with van der Waals surface area (Å²) in [6.45, 7) is 2.15. The van der Waals surface area contributed by atoms with E-state index in [1.54, 1.807) is 0 Å². The quantitative estimate of drug-likeness (QED) is 0.618. The van der Waals surface area contributed by atoms with Crippen LogP contribution in [0.5, 0.6) is 0 Å². The zero-order valence-corrected chi connectivity index (χ0v) is 11.6. The zero-order chi connectivity index (χ0) is 11.1. The molecule has 0 saturated carbocycles. The molecule has 15 heavy (non-hydrogen) atoms. The van der Waals surface area contributed by atoms with Crippen molar-refractivity contribution < 1.29 is 0 Å². The molecule has 0 unspecified atom stereocenters. The fraction of sp³-hybridized carbons (Fsp3) is 0.500. The Morgan fingerprint density at radius 3 is 2.67 bits per heavy atom. The maximum atomic E-state index is 4.21. The number of halogens is 1. The van der Waals surface area contributed by atoms with Gasteiger partial charge in [0.1, 0.15) is 0 Å². The van der Waals surface area contributed by atoms with Crippen LogP contribution in [0.2, 0.25) is 0 Å². The molecule has 0 amide bonds. The average Bonchev–Trinajstić information content (AvgIpc) is 2.22. The lowest BCUT2D eigenvalue weighted by Gasteiger charge is -2.17. The molecule has 0 atom stereocenters. The first-order chi connectivity index (χ1) is 7.24. The molecular weight excluding hydrogens is 270 g/mol. The fourth-order valence-corrected chi connectivity index (χ4v) is 2.12. The Kier molecular flexibility index (Phi) is 6.37. The molecule has 0 fully saturated rings. The Hall–Kier alpha value is 0.01000. The summed E-state index contributed by atoms with van der Waals surface area (Å²) in [6.07, 6.45) is 2.42. The molecule has 0 bridgehead atoms. The number of nitrogens with zero attached hydrogens (tertiary/aromatic N) is 1. The number of hydrogen-bond donors (Lipinski definition) is 1. The van der Waals surface area contributed by atoms with E-state index in [1.807, 2.05) is 0 Å². The van der Waals surface area contributed by atoms with Crippen molar-refractivity contribution in [1.29, 1.82) is 0 Å². The van der Waals surface area contributed by atoms with Crippen LogP contribution in [0, 0.1) is 0 Å². The maximum Gasteiger partial charge on any atom is 0.0241 e. The third-order valence-corrected chi connectivity index (χ3v) is 3.44. The van der Waals surface area contributed by atoms with Crippen LogP contribution in [-0.4, -0.2) is 24.2 Å².